The Morgan fingerprint density at radius 3 is 2.55 bits per heavy atom. The fourth-order valence-electron chi connectivity index (χ4n) is 3.26. The van der Waals surface area contributed by atoms with Crippen LogP contribution in [0.15, 0.2) is 18.3 Å². The summed E-state index contributed by atoms with van der Waals surface area (Å²) in [5.74, 6) is -0.672. The van der Waals surface area contributed by atoms with E-state index in [0.717, 1.165) is 25.9 Å². The number of amides is 1. The van der Waals surface area contributed by atoms with Crippen molar-refractivity contribution in [2.24, 2.45) is 0 Å². The topological polar surface area (TPSA) is 36.4 Å². The molecule has 108 valence electrons. The Morgan fingerprint density at radius 1 is 1.20 bits per heavy atom. The number of likely N-dealkylation sites (tertiary alicyclic amines) is 2. The maximum absolute atomic E-state index is 13.1. The molecule has 3 rings (SSSR count). The molecule has 2 aliphatic heterocycles. The van der Waals surface area contributed by atoms with Crippen LogP contribution in [0, 0.1) is 5.95 Å². The summed E-state index contributed by atoms with van der Waals surface area (Å²) in [5.41, 5.74) is 0.400. The van der Waals surface area contributed by atoms with Gasteiger partial charge in [0.15, 0.2) is 0 Å². The molecule has 0 spiro atoms. The number of piperidine rings is 1. The minimum Gasteiger partial charge on any atom is -0.339 e. The number of pyridine rings is 1. The summed E-state index contributed by atoms with van der Waals surface area (Å²) in [6.07, 6.45) is 6.00. The van der Waals surface area contributed by atoms with E-state index < -0.39 is 5.95 Å². The number of carbonyl (C=O) groups excluding carboxylic acids is 1. The summed E-state index contributed by atoms with van der Waals surface area (Å²) in [6.45, 7) is 3.94. The molecular weight excluding hydrogens is 257 g/mol. The molecule has 1 amide bonds. The molecule has 20 heavy (non-hydrogen) atoms. The maximum Gasteiger partial charge on any atom is 0.254 e. The van der Waals surface area contributed by atoms with Crippen molar-refractivity contribution >= 4 is 5.91 Å². The molecular formula is C15H20FN3O. The van der Waals surface area contributed by atoms with Crippen molar-refractivity contribution in [2.45, 2.75) is 31.7 Å². The highest BCUT2D eigenvalue weighted by atomic mass is 19.1. The molecule has 2 aliphatic rings. The number of carbonyl (C=O) groups is 1. The van der Waals surface area contributed by atoms with Crippen LogP contribution in [-0.4, -0.2) is 52.9 Å². The third-order valence-electron chi connectivity index (χ3n) is 4.38. The zero-order valence-electron chi connectivity index (χ0n) is 11.6. The van der Waals surface area contributed by atoms with E-state index in [1.165, 1.54) is 38.2 Å². The summed E-state index contributed by atoms with van der Waals surface area (Å²) in [5, 5.41) is 0. The van der Waals surface area contributed by atoms with Gasteiger partial charge in [-0.15, -0.1) is 0 Å². The molecule has 0 aromatic carbocycles. The van der Waals surface area contributed by atoms with Crippen LogP contribution < -0.4 is 0 Å². The van der Waals surface area contributed by atoms with E-state index in [9.17, 15) is 9.18 Å². The standard InChI is InChI=1S/C15H20FN3O/c16-14-11-12(3-6-17-14)15(20)19-9-4-13(5-10-19)18-7-1-2-8-18/h3,6,11,13H,1-2,4-5,7-10H2. The zero-order valence-corrected chi connectivity index (χ0v) is 11.6. The molecule has 5 heteroatoms. The van der Waals surface area contributed by atoms with Gasteiger partial charge in [-0.2, -0.15) is 4.39 Å². The molecule has 1 aromatic heterocycles. The number of hydrogen-bond donors (Lipinski definition) is 0. The third kappa shape index (κ3) is 2.82. The first kappa shape index (κ1) is 13.5. The van der Waals surface area contributed by atoms with E-state index in [2.05, 4.69) is 9.88 Å². The molecule has 0 aliphatic carbocycles. The van der Waals surface area contributed by atoms with Gasteiger partial charge in [-0.25, -0.2) is 4.98 Å². The van der Waals surface area contributed by atoms with E-state index in [4.69, 9.17) is 0 Å². The second-order valence-corrected chi connectivity index (χ2v) is 5.63. The summed E-state index contributed by atoms with van der Waals surface area (Å²) in [4.78, 5) is 20.2. The highest BCUT2D eigenvalue weighted by molar-refractivity contribution is 5.94. The van der Waals surface area contributed by atoms with Gasteiger partial charge in [-0.05, 0) is 44.8 Å². The summed E-state index contributed by atoms with van der Waals surface area (Å²) in [6, 6.07) is 3.42. The monoisotopic (exact) mass is 277 g/mol. The van der Waals surface area contributed by atoms with E-state index in [0.29, 0.717) is 11.6 Å². The molecule has 4 nitrogen and oxygen atoms in total. The minimum absolute atomic E-state index is 0.0776. The van der Waals surface area contributed by atoms with Crippen LogP contribution in [0.5, 0.6) is 0 Å². The van der Waals surface area contributed by atoms with Gasteiger partial charge in [-0.3, -0.25) is 4.79 Å². The molecule has 0 atom stereocenters. The molecule has 0 N–H and O–H groups in total. The fourth-order valence-corrected chi connectivity index (χ4v) is 3.26. The van der Waals surface area contributed by atoms with Crippen LogP contribution in [0.2, 0.25) is 0 Å². The molecule has 2 fully saturated rings. The molecule has 0 radical (unpaired) electrons. The number of aromatic nitrogens is 1. The Kier molecular flexibility index (Phi) is 3.96. The largest absolute Gasteiger partial charge is 0.339 e. The van der Waals surface area contributed by atoms with Gasteiger partial charge >= 0.3 is 0 Å². The van der Waals surface area contributed by atoms with Crippen LogP contribution in [0.4, 0.5) is 4.39 Å². The third-order valence-corrected chi connectivity index (χ3v) is 4.38. The molecule has 3 heterocycles. The van der Waals surface area contributed by atoms with Gasteiger partial charge < -0.3 is 9.80 Å². The molecule has 0 saturated carbocycles. The lowest BCUT2D eigenvalue weighted by Crippen LogP contribution is -2.45. The Balaban J connectivity index is 1.58. The van der Waals surface area contributed by atoms with Crippen molar-refractivity contribution < 1.29 is 9.18 Å². The minimum atomic E-state index is -0.595. The van der Waals surface area contributed by atoms with Gasteiger partial charge in [-0.1, -0.05) is 0 Å². The highest BCUT2D eigenvalue weighted by Crippen LogP contribution is 2.22. The summed E-state index contributed by atoms with van der Waals surface area (Å²) >= 11 is 0. The smallest absolute Gasteiger partial charge is 0.254 e. The SMILES string of the molecule is O=C(c1ccnc(F)c1)N1CCC(N2CCCC2)CC1. The van der Waals surface area contributed by atoms with E-state index >= 15 is 0 Å². The van der Waals surface area contributed by atoms with Gasteiger partial charge in [0, 0.05) is 37.0 Å². The second kappa shape index (κ2) is 5.87. The average molecular weight is 277 g/mol. The number of nitrogens with zero attached hydrogens (tertiary/aromatic N) is 3. The van der Waals surface area contributed by atoms with E-state index in [1.807, 2.05) is 4.90 Å². The first-order valence-corrected chi connectivity index (χ1v) is 7.39. The van der Waals surface area contributed by atoms with Gasteiger partial charge in [0.1, 0.15) is 0 Å². The Hall–Kier alpha value is -1.49. The number of halogens is 1. The van der Waals surface area contributed by atoms with Crippen LogP contribution >= 0.6 is 0 Å². The quantitative estimate of drug-likeness (QED) is 0.775. The maximum atomic E-state index is 13.1. The van der Waals surface area contributed by atoms with Crippen molar-refractivity contribution in [3.63, 3.8) is 0 Å². The van der Waals surface area contributed by atoms with Crippen molar-refractivity contribution in [1.82, 2.24) is 14.8 Å². The Morgan fingerprint density at radius 2 is 1.90 bits per heavy atom. The molecule has 2 saturated heterocycles. The lowest BCUT2D eigenvalue weighted by atomic mass is 10.0. The Bertz CT molecular complexity index is 480. The predicted molar refractivity (Wildman–Crippen MR) is 73.9 cm³/mol. The molecule has 0 bridgehead atoms. The van der Waals surface area contributed by atoms with Crippen molar-refractivity contribution in [3.05, 3.63) is 29.8 Å². The van der Waals surface area contributed by atoms with Crippen LogP contribution in [-0.2, 0) is 0 Å². The predicted octanol–water partition coefficient (Wildman–Crippen LogP) is 1.92. The van der Waals surface area contributed by atoms with Gasteiger partial charge in [0.2, 0.25) is 5.95 Å². The van der Waals surface area contributed by atoms with Crippen LogP contribution in [0.1, 0.15) is 36.0 Å². The molecule has 1 aromatic rings. The zero-order chi connectivity index (χ0) is 13.9. The first-order chi connectivity index (χ1) is 9.74. The summed E-state index contributed by atoms with van der Waals surface area (Å²) < 4.78 is 13.1. The second-order valence-electron chi connectivity index (χ2n) is 5.63. The lowest BCUT2D eigenvalue weighted by molar-refractivity contribution is 0.0644. The highest BCUT2D eigenvalue weighted by Gasteiger charge is 2.28. The van der Waals surface area contributed by atoms with E-state index in [-0.39, 0.29) is 5.91 Å². The van der Waals surface area contributed by atoms with E-state index in [1.54, 1.807) is 6.07 Å². The number of rotatable bonds is 2. The van der Waals surface area contributed by atoms with Crippen molar-refractivity contribution in [2.75, 3.05) is 26.2 Å². The molecule has 0 unspecified atom stereocenters. The van der Waals surface area contributed by atoms with Gasteiger partial charge in [0.25, 0.3) is 5.91 Å². The lowest BCUT2D eigenvalue weighted by Gasteiger charge is -2.36. The average Bonchev–Trinajstić information content (AvgIpc) is 3.01. The fraction of sp³-hybridized carbons (Fsp3) is 0.600. The van der Waals surface area contributed by atoms with Crippen molar-refractivity contribution in [1.29, 1.82) is 0 Å². The first-order valence-electron chi connectivity index (χ1n) is 7.39. The Labute approximate surface area is 118 Å². The van der Waals surface area contributed by atoms with Crippen LogP contribution in [0.25, 0.3) is 0 Å². The summed E-state index contributed by atoms with van der Waals surface area (Å²) in [7, 11) is 0. The van der Waals surface area contributed by atoms with Crippen molar-refractivity contribution in [3.8, 4) is 0 Å². The normalized spacial score (nSPS) is 21.4. The van der Waals surface area contributed by atoms with Gasteiger partial charge in [0.05, 0.1) is 0 Å². The van der Waals surface area contributed by atoms with Crippen LogP contribution in [0.3, 0.4) is 0 Å². The number of hydrogen-bond acceptors (Lipinski definition) is 3.